The Morgan fingerprint density at radius 3 is 2.74 bits per heavy atom. The van der Waals surface area contributed by atoms with E-state index in [4.69, 9.17) is 0 Å². The molecule has 1 heterocycles. The lowest BCUT2D eigenvalue weighted by atomic mass is 10.2. The maximum atomic E-state index is 10.8. The smallest absolute Gasteiger partial charge is 0.269 e. The summed E-state index contributed by atoms with van der Waals surface area (Å²) in [4.78, 5) is 18.6. The van der Waals surface area contributed by atoms with Gasteiger partial charge in [0.1, 0.15) is 0 Å². The molecule has 7 heteroatoms. The second-order valence-corrected chi connectivity index (χ2v) is 4.61. The first-order valence-electron chi connectivity index (χ1n) is 5.55. The molecule has 98 valence electrons. The molecule has 0 fully saturated rings. The topological polar surface area (TPSA) is 81.0 Å². The Balaban J connectivity index is 2.18. The van der Waals surface area contributed by atoms with Gasteiger partial charge >= 0.3 is 0 Å². The summed E-state index contributed by atoms with van der Waals surface area (Å²) in [7, 11) is 1.79. The Hall–Kier alpha value is -2.15. The van der Waals surface area contributed by atoms with Crippen molar-refractivity contribution in [1.82, 2.24) is 9.97 Å². The van der Waals surface area contributed by atoms with Gasteiger partial charge in [-0.2, -0.15) is 0 Å². The minimum atomic E-state index is -0.396. The van der Waals surface area contributed by atoms with Gasteiger partial charge in [-0.15, -0.1) is 0 Å². The molecule has 2 aromatic rings. The van der Waals surface area contributed by atoms with Gasteiger partial charge < -0.3 is 5.32 Å². The van der Waals surface area contributed by atoms with E-state index in [0.29, 0.717) is 10.9 Å². The zero-order chi connectivity index (χ0) is 13.7. The Morgan fingerprint density at radius 1 is 1.37 bits per heavy atom. The molecule has 2 rings (SSSR count). The lowest BCUT2D eigenvalue weighted by Gasteiger charge is -2.08. The highest BCUT2D eigenvalue weighted by atomic mass is 32.2. The number of hydrogen-bond donors (Lipinski definition) is 1. The predicted octanol–water partition coefficient (Wildman–Crippen LogP) is 2.72. The molecule has 0 saturated heterocycles. The Bertz CT molecular complexity index is 577. The molecule has 0 radical (unpaired) electrons. The predicted molar refractivity (Wildman–Crippen MR) is 74.2 cm³/mol. The maximum absolute atomic E-state index is 10.8. The monoisotopic (exact) mass is 276 g/mol. The van der Waals surface area contributed by atoms with E-state index in [2.05, 4.69) is 15.3 Å². The van der Waals surface area contributed by atoms with Gasteiger partial charge in [-0.25, -0.2) is 9.97 Å². The van der Waals surface area contributed by atoms with E-state index in [1.807, 2.05) is 0 Å². The lowest BCUT2D eigenvalue weighted by Crippen LogP contribution is -1.97. The van der Waals surface area contributed by atoms with Crippen LogP contribution < -0.4 is 5.32 Å². The average molecular weight is 276 g/mol. The van der Waals surface area contributed by atoms with E-state index in [9.17, 15) is 10.1 Å². The summed E-state index contributed by atoms with van der Waals surface area (Å²) < 4.78 is 0. The number of aromatic nitrogens is 2. The highest BCUT2D eigenvalue weighted by Gasteiger charge is 2.10. The number of benzene rings is 1. The summed E-state index contributed by atoms with van der Waals surface area (Å²) in [6, 6.07) is 6.51. The van der Waals surface area contributed by atoms with Crippen molar-refractivity contribution in [3.8, 4) is 0 Å². The van der Waals surface area contributed by atoms with E-state index in [1.165, 1.54) is 17.8 Å². The van der Waals surface area contributed by atoms with Crippen molar-refractivity contribution in [3.63, 3.8) is 0 Å². The zero-order valence-corrected chi connectivity index (χ0v) is 11.1. The summed E-state index contributed by atoms with van der Waals surface area (Å²) in [6.45, 7) is 0. The molecule has 1 N–H and O–H groups in total. The summed E-state index contributed by atoms with van der Waals surface area (Å²) in [6.07, 6.45) is 3.34. The average Bonchev–Trinajstić information content (AvgIpc) is 2.45. The molecule has 6 nitrogen and oxygen atoms in total. The number of non-ortho nitro benzene ring substituents is 1. The van der Waals surface area contributed by atoms with E-state index >= 15 is 0 Å². The molecule has 0 aliphatic rings. The zero-order valence-electron chi connectivity index (χ0n) is 10.2. The van der Waals surface area contributed by atoms with Crippen LogP contribution in [-0.4, -0.2) is 21.9 Å². The van der Waals surface area contributed by atoms with Crippen molar-refractivity contribution in [1.29, 1.82) is 0 Å². The van der Waals surface area contributed by atoms with E-state index < -0.39 is 4.92 Å². The molecule has 0 bridgehead atoms. The van der Waals surface area contributed by atoms with Gasteiger partial charge in [-0.05, 0) is 17.7 Å². The van der Waals surface area contributed by atoms with Crippen LogP contribution >= 0.6 is 11.8 Å². The van der Waals surface area contributed by atoms with Crippen LogP contribution in [0.25, 0.3) is 0 Å². The molecule has 1 aromatic carbocycles. The number of nitrogens with one attached hydrogen (secondary N) is 1. The molecular weight excluding hydrogens is 264 g/mol. The first-order chi connectivity index (χ1) is 9.20. The number of hydrogen-bond acceptors (Lipinski definition) is 6. The summed E-state index contributed by atoms with van der Waals surface area (Å²) in [5.74, 6) is 0.571. The molecule has 1 aromatic heterocycles. The molecular formula is C12H12N4O2S. The third-order valence-corrected chi connectivity index (χ3v) is 3.39. The molecule has 0 atom stereocenters. The van der Waals surface area contributed by atoms with Gasteiger partial charge in [-0.1, -0.05) is 11.8 Å². The number of rotatable bonds is 5. The minimum absolute atomic E-state index is 0.0866. The third kappa shape index (κ3) is 3.41. The third-order valence-electron chi connectivity index (χ3n) is 2.47. The van der Waals surface area contributed by atoms with Gasteiger partial charge in [0.2, 0.25) is 0 Å². The van der Waals surface area contributed by atoms with Gasteiger partial charge in [0.25, 0.3) is 5.69 Å². The largest absolute Gasteiger partial charge is 0.388 e. The van der Waals surface area contributed by atoms with E-state index in [1.54, 1.807) is 37.6 Å². The van der Waals surface area contributed by atoms with Crippen molar-refractivity contribution in [3.05, 3.63) is 52.3 Å². The Labute approximate surface area is 114 Å². The van der Waals surface area contributed by atoms with Crippen molar-refractivity contribution in [2.24, 2.45) is 0 Å². The summed E-state index contributed by atoms with van der Waals surface area (Å²) in [5.41, 5.74) is 1.81. The van der Waals surface area contributed by atoms with Crippen molar-refractivity contribution < 1.29 is 4.92 Å². The fourth-order valence-electron chi connectivity index (χ4n) is 1.56. The van der Waals surface area contributed by atoms with Crippen molar-refractivity contribution in [2.75, 3.05) is 12.4 Å². The molecule has 0 aliphatic carbocycles. The number of anilines is 1. The molecule has 0 saturated carbocycles. The number of nitro groups is 1. The molecule has 19 heavy (non-hydrogen) atoms. The molecule has 0 aliphatic heterocycles. The Kier molecular flexibility index (Phi) is 4.30. The highest BCUT2D eigenvalue weighted by molar-refractivity contribution is 7.98. The molecule has 0 spiro atoms. The second-order valence-electron chi connectivity index (χ2n) is 3.67. The number of nitro benzene ring substituents is 1. The maximum Gasteiger partial charge on any atom is 0.269 e. The first-order valence-corrected chi connectivity index (χ1v) is 6.54. The SMILES string of the molecule is CNc1ccc([N+](=O)[O-])cc1CSc1ncccn1. The van der Waals surface area contributed by atoms with Crippen LogP contribution in [0.1, 0.15) is 5.56 Å². The van der Waals surface area contributed by atoms with Gasteiger partial charge in [-0.3, -0.25) is 10.1 Å². The molecule has 0 amide bonds. The molecule has 0 unspecified atom stereocenters. The van der Waals surface area contributed by atoms with Crippen LogP contribution in [0.3, 0.4) is 0 Å². The quantitative estimate of drug-likeness (QED) is 0.391. The van der Waals surface area contributed by atoms with Crippen LogP contribution in [0.2, 0.25) is 0 Å². The van der Waals surface area contributed by atoms with E-state index in [0.717, 1.165) is 11.3 Å². The fraction of sp³-hybridized carbons (Fsp3) is 0.167. The van der Waals surface area contributed by atoms with Gasteiger partial charge in [0, 0.05) is 43.0 Å². The lowest BCUT2D eigenvalue weighted by molar-refractivity contribution is -0.384. The number of thioether (sulfide) groups is 1. The van der Waals surface area contributed by atoms with E-state index in [-0.39, 0.29) is 5.69 Å². The minimum Gasteiger partial charge on any atom is -0.388 e. The van der Waals surface area contributed by atoms with Gasteiger partial charge in [0.05, 0.1) is 4.92 Å². The van der Waals surface area contributed by atoms with Crippen LogP contribution in [-0.2, 0) is 5.75 Å². The second kappa shape index (κ2) is 6.14. The number of nitrogens with zero attached hydrogens (tertiary/aromatic N) is 3. The summed E-state index contributed by atoms with van der Waals surface area (Å²) >= 11 is 1.44. The standard InChI is InChI=1S/C12H12N4O2S/c1-13-11-4-3-10(16(17)18)7-9(11)8-19-12-14-5-2-6-15-12/h2-7,13H,8H2,1H3. The first kappa shape index (κ1) is 13.3. The van der Waals surface area contributed by atoms with Crippen LogP contribution in [0, 0.1) is 10.1 Å². The van der Waals surface area contributed by atoms with Crippen LogP contribution in [0.15, 0.2) is 41.8 Å². The highest BCUT2D eigenvalue weighted by Crippen LogP contribution is 2.27. The van der Waals surface area contributed by atoms with Gasteiger partial charge in [0.15, 0.2) is 5.16 Å². The normalized spacial score (nSPS) is 10.2. The Morgan fingerprint density at radius 2 is 2.11 bits per heavy atom. The van der Waals surface area contributed by atoms with Crippen molar-refractivity contribution in [2.45, 2.75) is 10.9 Å². The fourth-order valence-corrected chi connectivity index (χ4v) is 2.35. The van der Waals surface area contributed by atoms with Crippen LogP contribution in [0.4, 0.5) is 11.4 Å². The summed E-state index contributed by atoms with van der Waals surface area (Å²) in [5, 5.41) is 14.5. The van der Waals surface area contributed by atoms with Crippen LogP contribution in [0.5, 0.6) is 0 Å². The van der Waals surface area contributed by atoms with Crippen molar-refractivity contribution >= 4 is 23.1 Å².